The molecule has 0 saturated heterocycles. The van der Waals surface area contributed by atoms with E-state index in [0.717, 1.165) is 11.3 Å². The van der Waals surface area contributed by atoms with Gasteiger partial charge in [-0.05, 0) is 12.1 Å². The third-order valence-corrected chi connectivity index (χ3v) is 2.61. The Balaban J connectivity index is 1.95. The Labute approximate surface area is 105 Å². The second-order valence-electron chi connectivity index (χ2n) is 4.01. The van der Waals surface area contributed by atoms with E-state index in [4.69, 9.17) is 0 Å². The van der Waals surface area contributed by atoms with E-state index in [1.165, 1.54) is 6.08 Å². The predicted molar refractivity (Wildman–Crippen MR) is 67.3 cm³/mol. The van der Waals surface area contributed by atoms with E-state index in [2.05, 4.69) is 15.3 Å². The molecule has 0 aliphatic carbocycles. The topological polar surface area (TPSA) is 66.8 Å². The van der Waals surface area contributed by atoms with Crippen LogP contribution in [-0.2, 0) is 18.4 Å². The summed E-state index contributed by atoms with van der Waals surface area (Å²) < 4.78 is 1.71. The molecule has 0 aliphatic heterocycles. The van der Waals surface area contributed by atoms with Gasteiger partial charge in [0.2, 0.25) is 5.91 Å². The second-order valence-corrected chi connectivity index (χ2v) is 4.01. The molecule has 2 aromatic rings. The first kappa shape index (κ1) is 12.1. The lowest BCUT2D eigenvalue weighted by Crippen LogP contribution is -2.23. The summed E-state index contributed by atoms with van der Waals surface area (Å²) in [6.07, 6.45) is 8.46. The van der Waals surface area contributed by atoms with Gasteiger partial charge in [0.15, 0.2) is 0 Å². The van der Waals surface area contributed by atoms with Gasteiger partial charge in [-0.1, -0.05) is 0 Å². The molecule has 2 heterocycles. The van der Waals surface area contributed by atoms with Crippen LogP contribution in [0.4, 0.5) is 0 Å². The van der Waals surface area contributed by atoms with Gasteiger partial charge in [-0.2, -0.15) is 10.2 Å². The maximum Gasteiger partial charge on any atom is 0.246 e. The van der Waals surface area contributed by atoms with Crippen molar-refractivity contribution in [2.45, 2.75) is 6.54 Å². The number of hydrogen-bond donors (Lipinski definition) is 1. The van der Waals surface area contributed by atoms with E-state index in [9.17, 15) is 4.79 Å². The standard InChI is InChI=1S/C12H15N5O/c1-16(9-10-7-13-14-8-10)12(18)4-3-11-5-6-15-17(11)2/h3-8H,9H2,1-2H3,(H,13,14). The van der Waals surface area contributed by atoms with Gasteiger partial charge < -0.3 is 4.90 Å². The molecule has 1 N–H and O–H groups in total. The van der Waals surface area contributed by atoms with E-state index in [0.29, 0.717) is 6.54 Å². The molecule has 6 nitrogen and oxygen atoms in total. The van der Waals surface area contributed by atoms with Crippen LogP contribution in [0.3, 0.4) is 0 Å². The van der Waals surface area contributed by atoms with Crippen LogP contribution in [-0.4, -0.2) is 37.8 Å². The Kier molecular flexibility index (Phi) is 3.57. The molecular formula is C12H15N5O. The molecule has 0 fully saturated rings. The molecule has 0 saturated carbocycles. The molecule has 0 unspecified atom stereocenters. The van der Waals surface area contributed by atoms with Crippen LogP contribution < -0.4 is 0 Å². The van der Waals surface area contributed by atoms with Crippen LogP contribution in [0.15, 0.2) is 30.7 Å². The molecule has 0 aliphatic rings. The fourth-order valence-corrected chi connectivity index (χ4v) is 1.55. The van der Waals surface area contributed by atoms with E-state index >= 15 is 0 Å². The zero-order valence-electron chi connectivity index (χ0n) is 10.4. The SMILES string of the molecule is CN(Cc1cn[nH]c1)C(=O)C=Cc1ccnn1C. The fourth-order valence-electron chi connectivity index (χ4n) is 1.55. The van der Waals surface area contributed by atoms with E-state index in [1.807, 2.05) is 13.1 Å². The Morgan fingerprint density at radius 3 is 3.06 bits per heavy atom. The van der Waals surface area contributed by atoms with Crippen LogP contribution in [0.2, 0.25) is 0 Å². The first-order valence-corrected chi connectivity index (χ1v) is 5.55. The second kappa shape index (κ2) is 5.31. The van der Waals surface area contributed by atoms with Crippen molar-refractivity contribution in [3.8, 4) is 0 Å². The van der Waals surface area contributed by atoms with Crippen molar-refractivity contribution in [2.75, 3.05) is 7.05 Å². The minimum atomic E-state index is -0.0580. The largest absolute Gasteiger partial charge is 0.338 e. The lowest BCUT2D eigenvalue weighted by Gasteiger charge is -2.13. The van der Waals surface area contributed by atoms with Gasteiger partial charge >= 0.3 is 0 Å². The van der Waals surface area contributed by atoms with Crippen LogP contribution in [0.1, 0.15) is 11.3 Å². The van der Waals surface area contributed by atoms with Gasteiger partial charge in [0, 0.05) is 44.7 Å². The number of aryl methyl sites for hydroxylation is 1. The number of hydrogen-bond acceptors (Lipinski definition) is 3. The first-order valence-electron chi connectivity index (χ1n) is 5.55. The van der Waals surface area contributed by atoms with Crippen molar-refractivity contribution in [1.29, 1.82) is 0 Å². The number of aromatic nitrogens is 4. The number of H-pyrrole nitrogens is 1. The predicted octanol–water partition coefficient (Wildman–Crippen LogP) is 0.815. The number of nitrogens with zero attached hydrogens (tertiary/aromatic N) is 4. The first-order chi connectivity index (χ1) is 8.66. The molecule has 18 heavy (non-hydrogen) atoms. The van der Waals surface area contributed by atoms with Crippen LogP contribution >= 0.6 is 0 Å². The molecule has 2 aromatic heterocycles. The maximum atomic E-state index is 11.9. The highest BCUT2D eigenvalue weighted by Gasteiger charge is 2.06. The number of likely N-dealkylation sites (N-methyl/N-ethyl adjacent to an activating group) is 1. The summed E-state index contributed by atoms with van der Waals surface area (Å²) in [5.41, 5.74) is 1.86. The van der Waals surface area contributed by atoms with Gasteiger partial charge in [-0.15, -0.1) is 0 Å². The number of amides is 1. The van der Waals surface area contributed by atoms with Gasteiger partial charge in [-0.25, -0.2) is 0 Å². The van der Waals surface area contributed by atoms with E-state index < -0.39 is 0 Å². The van der Waals surface area contributed by atoms with Crippen LogP contribution in [0.25, 0.3) is 6.08 Å². The van der Waals surface area contributed by atoms with Gasteiger partial charge in [0.1, 0.15) is 0 Å². The van der Waals surface area contributed by atoms with E-state index in [1.54, 1.807) is 41.3 Å². The molecule has 2 rings (SSSR count). The van der Waals surface area contributed by atoms with Crippen LogP contribution in [0, 0.1) is 0 Å². The minimum Gasteiger partial charge on any atom is -0.338 e. The van der Waals surface area contributed by atoms with Crippen molar-refractivity contribution in [3.63, 3.8) is 0 Å². The smallest absolute Gasteiger partial charge is 0.246 e. The molecule has 0 atom stereocenters. The third-order valence-electron chi connectivity index (χ3n) is 2.61. The summed E-state index contributed by atoms with van der Waals surface area (Å²) in [4.78, 5) is 13.5. The van der Waals surface area contributed by atoms with Gasteiger partial charge in [-0.3, -0.25) is 14.6 Å². The zero-order valence-corrected chi connectivity index (χ0v) is 10.4. The maximum absolute atomic E-state index is 11.9. The molecule has 6 heteroatoms. The Morgan fingerprint density at radius 2 is 2.44 bits per heavy atom. The lowest BCUT2D eigenvalue weighted by molar-refractivity contribution is -0.125. The Hall–Kier alpha value is -2.37. The van der Waals surface area contributed by atoms with Crippen molar-refractivity contribution in [3.05, 3.63) is 42.0 Å². The average Bonchev–Trinajstić information content (AvgIpc) is 2.98. The molecule has 1 amide bonds. The summed E-state index contributed by atoms with van der Waals surface area (Å²) in [5, 5.41) is 10.6. The zero-order chi connectivity index (χ0) is 13.0. The molecular weight excluding hydrogens is 230 g/mol. The molecule has 0 aromatic carbocycles. The highest BCUT2D eigenvalue weighted by Crippen LogP contribution is 2.03. The Morgan fingerprint density at radius 1 is 1.61 bits per heavy atom. The van der Waals surface area contributed by atoms with Crippen molar-refractivity contribution >= 4 is 12.0 Å². The third kappa shape index (κ3) is 2.85. The minimum absolute atomic E-state index is 0.0580. The number of aromatic amines is 1. The van der Waals surface area contributed by atoms with Gasteiger partial charge in [0.05, 0.1) is 11.9 Å². The fraction of sp³-hybridized carbons (Fsp3) is 0.250. The average molecular weight is 245 g/mol. The molecule has 94 valence electrons. The number of carbonyl (C=O) groups is 1. The Bertz CT molecular complexity index is 541. The highest BCUT2D eigenvalue weighted by molar-refractivity contribution is 5.91. The number of carbonyl (C=O) groups excluding carboxylic acids is 1. The van der Waals surface area contributed by atoms with Crippen molar-refractivity contribution in [1.82, 2.24) is 24.9 Å². The van der Waals surface area contributed by atoms with Crippen molar-refractivity contribution in [2.24, 2.45) is 7.05 Å². The summed E-state index contributed by atoms with van der Waals surface area (Å²) in [6.45, 7) is 0.533. The van der Waals surface area contributed by atoms with E-state index in [-0.39, 0.29) is 5.91 Å². The molecule has 0 spiro atoms. The lowest BCUT2D eigenvalue weighted by atomic mass is 10.3. The normalized spacial score (nSPS) is 11.0. The van der Waals surface area contributed by atoms with Crippen LogP contribution in [0.5, 0.6) is 0 Å². The quantitative estimate of drug-likeness (QED) is 0.811. The highest BCUT2D eigenvalue weighted by atomic mass is 16.2. The molecule has 0 radical (unpaired) electrons. The summed E-state index contributed by atoms with van der Waals surface area (Å²) in [5.74, 6) is -0.0580. The summed E-state index contributed by atoms with van der Waals surface area (Å²) in [7, 11) is 3.59. The monoisotopic (exact) mass is 245 g/mol. The molecule has 0 bridgehead atoms. The number of nitrogens with one attached hydrogen (secondary N) is 1. The van der Waals surface area contributed by atoms with Gasteiger partial charge in [0.25, 0.3) is 0 Å². The summed E-state index contributed by atoms with van der Waals surface area (Å²) in [6, 6.07) is 1.85. The number of rotatable bonds is 4. The summed E-state index contributed by atoms with van der Waals surface area (Å²) >= 11 is 0. The van der Waals surface area contributed by atoms with Crippen molar-refractivity contribution < 1.29 is 4.79 Å².